The molecule has 0 saturated heterocycles. The number of hydrogen-bond acceptors (Lipinski definition) is 4. The van der Waals surface area contributed by atoms with E-state index in [1.807, 2.05) is 79.7 Å². The van der Waals surface area contributed by atoms with Crippen molar-refractivity contribution in [1.82, 2.24) is 9.38 Å². The number of aromatic nitrogens is 2. The number of aryl methyl sites for hydroxylation is 2. The van der Waals surface area contributed by atoms with Crippen molar-refractivity contribution in [3.05, 3.63) is 120 Å². The Morgan fingerprint density at radius 3 is 2.31 bits per heavy atom. The standard InChI is InChI=1S/C30H26N4O2/c1-20-16-21(2)32-25(17-20)19-31-23-11-13-24(14-12-23)33-30(36)29(35)28-27(22-8-4-3-5-9-22)18-26-10-6-7-15-34(26)28/h3-18,31H,19H2,1-2H3,(H,33,36). The maximum absolute atomic E-state index is 13.3. The van der Waals surface area contributed by atoms with Crippen LogP contribution in [0.15, 0.2) is 97.2 Å². The van der Waals surface area contributed by atoms with Gasteiger partial charge in [0.25, 0.3) is 11.7 Å². The number of nitrogens with zero attached hydrogens (tertiary/aromatic N) is 2. The van der Waals surface area contributed by atoms with E-state index in [0.717, 1.165) is 33.7 Å². The first kappa shape index (κ1) is 23.1. The normalized spacial score (nSPS) is 10.8. The van der Waals surface area contributed by atoms with E-state index in [2.05, 4.69) is 28.6 Å². The van der Waals surface area contributed by atoms with Gasteiger partial charge < -0.3 is 15.0 Å². The van der Waals surface area contributed by atoms with Crippen LogP contribution in [0.25, 0.3) is 16.6 Å². The number of Topliss-reactive ketones (excluding diaryl/α,β-unsaturated/α-hetero) is 1. The minimum Gasteiger partial charge on any atom is -0.379 e. The SMILES string of the molecule is Cc1cc(C)nc(CNc2ccc(NC(=O)C(=O)c3c(-c4ccccc4)cc4ccccn34)cc2)c1. The van der Waals surface area contributed by atoms with Gasteiger partial charge in [0.1, 0.15) is 5.69 Å². The van der Waals surface area contributed by atoms with Gasteiger partial charge in [-0.1, -0.05) is 36.4 Å². The molecule has 0 atom stereocenters. The fraction of sp³-hybridized carbons (Fsp3) is 0.100. The average molecular weight is 475 g/mol. The number of carbonyl (C=O) groups is 2. The first-order valence-electron chi connectivity index (χ1n) is 11.8. The molecule has 178 valence electrons. The van der Waals surface area contributed by atoms with Gasteiger partial charge in [0.05, 0.1) is 12.2 Å². The Bertz CT molecular complexity index is 1530. The third-order valence-electron chi connectivity index (χ3n) is 5.95. The summed E-state index contributed by atoms with van der Waals surface area (Å²) in [6, 6.07) is 28.6. The van der Waals surface area contributed by atoms with Gasteiger partial charge in [0, 0.05) is 34.3 Å². The van der Waals surface area contributed by atoms with E-state index in [1.165, 1.54) is 5.56 Å². The molecule has 3 aromatic heterocycles. The van der Waals surface area contributed by atoms with Crippen LogP contribution in [0.4, 0.5) is 11.4 Å². The van der Waals surface area contributed by atoms with Crippen molar-refractivity contribution in [2.75, 3.05) is 10.6 Å². The van der Waals surface area contributed by atoms with E-state index < -0.39 is 11.7 Å². The van der Waals surface area contributed by atoms with Gasteiger partial charge in [-0.05, 0) is 79.6 Å². The van der Waals surface area contributed by atoms with Crippen LogP contribution >= 0.6 is 0 Å². The van der Waals surface area contributed by atoms with Crippen LogP contribution < -0.4 is 10.6 Å². The molecule has 6 heteroatoms. The Hall–Kier alpha value is -4.71. The minimum atomic E-state index is -0.684. The van der Waals surface area contributed by atoms with Crippen LogP contribution in [0.5, 0.6) is 0 Å². The van der Waals surface area contributed by atoms with Gasteiger partial charge in [0.2, 0.25) is 0 Å². The first-order valence-corrected chi connectivity index (χ1v) is 11.8. The number of nitrogens with one attached hydrogen (secondary N) is 2. The predicted molar refractivity (Wildman–Crippen MR) is 143 cm³/mol. The maximum Gasteiger partial charge on any atom is 0.298 e. The lowest BCUT2D eigenvalue weighted by atomic mass is 10.0. The summed E-state index contributed by atoms with van der Waals surface area (Å²) in [7, 11) is 0. The van der Waals surface area contributed by atoms with Crippen LogP contribution in [0.1, 0.15) is 27.4 Å². The van der Waals surface area contributed by atoms with Crippen LogP contribution in [-0.2, 0) is 11.3 Å². The van der Waals surface area contributed by atoms with Crippen molar-refractivity contribution in [1.29, 1.82) is 0 Å². The highest BCUT2D eigenvalue weighted by Gasteiger charge is 2.24. The fourth-order valence-electron chi connectivity index (χ4n) is 4.37. The number of anilines is 2. The number of fused-ring (bicyclic) bond motifs is 1. The summed E-state index contributed by atoms with van der Waals surface area (Å²) in [4.78, 5) is 30.9. The monoisotopic (exact) mass is 474 g/mol. The lowest BCUT2D eigenvalue weighted by Gasteiger charge is -2.10. The minimum absolute atomic E-state index is 0.341. The molecule has 0 aliphatic carbocycles. The largest absolute Gasteiger partial charge is 0.379 e. The molecule has 6 nitrogen and oxygen atoms in total. The zero-order valence-corrected chi connectivity index (χ0v) is 20.2. The molecule has 5 rings (SSSR count). The topological polar surface area (TPSA) is 75.5 Å². The molecule has 0 saturated carbocycles. The molecule has 0 radical (unpaired) electrons. The summed E-state index contributed by atoms with van der Waals surface area (Å²) in [6.07, 6.45) is 1.80. The molecule has 2 N–H and O–H groups in total. The molecule has 5 aromatic rings. The Morgan fingerprint density at radius 1 is 0.833 bits per heavy atom. The number of benzene rings is 2. The summed E-state index contributed by atoms with van der Waals surface area (Å²) >= 11 is 0. The molecule has 36 heavy (non-hydrogen) atoms. The molecule has 2 aromatic carbocycles. The fourth-order valence-corrected chi connectivity index (χ4v) is 4.37. The van der Waals surface area contributed by atoms with E-state index in [4.69, 9.17) is 0 Å². The second kappa shape index (κ2) is 9.88. The second-order valence-electron chi connectivity index (χ2n) is 8.76. The van der Waals surface area contributed by atoms with Crippen molar-refractivity contribution < 1.29 is 9.59 Å². The zero-order valence-electron chi connectivity index (χ0n) is 20.2. The van der Waals surface area contributed by atoms with Crippen LogP contribution in [0, 0.1) is 13.8 Å². The maximum atomic E-state index is 13.3. The molecule has 3 heterocycles. The molecule has 0 spiro atoms. The summed E-state index contributed by atoms with van der Waals surface area (Å²) in [5, 5.41) is 6.09. The Kier molecular flexibility index (Phi) is 6.33. The molecular weight excluding hydrogens is 448 g/mol. The van der Waals surface area contributed by atoms with Gasteiger partial charge in [-0.3, -0.25) is 14.6 Å². The zero-order chi connectivity index (χ0) is 25.1. The number of rotatable bonds is 7. The molecule has 0 bridgehead atoms. The average Bonchev–Trinajstić information content (AvgIpc) is 3.27. The van der Waals surface area contributed by atoms with Crippen LogP contribution in [0.3, 0.4) is 0 Å². The van der Waals surface area contributed by atoms with Crippen molar-refractivity contribution in [3.8, 4) is 11.1 Å². The lowest BCUT2D eigenvalue weighted by Crippen LogP contribution is -2.24. The van der Waals surface area contributed by atoms with E-state index in [9.17, 15) is 9.59 Å². The van der Waals surface area contributed by atoms with Crippen LogP contribution in [-0.4, -0.2) is 21.1 Å². The molecule has 1 amide bonds. The molecular formula is C30H26N4O2. The number of carbonyl (C=O) groups excluding carboxylic acids is 2. The number of ketones is 1. The van der Waals surface area contributed by atoms with Gasteiger partial charge in [-0.25, -0.2) is 0 Å². The highest BCUT2D eigenvalue weighted by atomic mass is 16.2. The van der Waals surface area contributed by atoms with Gasteiger partial charge in [-0.15, -0.1) is 0 Å². The smallest absolute Gasteiger partial charge is 0.298 e. The predicted octanol–water partition coefficient (Wildman–Crippen LogP) is 6.05. The highest BCUT2D eigenvalue weighted by Crippen LogP contribution is 2.28. The quantitative estimate of drug-likeness (QED) is 0.222. The van der Waals surface area contributed by atoms with E-state index in [0.29, 0.717) is 17.9 Å². The van der Waals surface area contributed by atoms with Crippen molar-refractivity contribution in [2.45, 2.75) is 20.4 Å². The Morgan fingerprint density at radius 2 is 1.56 bits per heavy atom. The Balaban J connectivity index is 1.32. The lowest BCUT2D eigenvalue weighted by molar-refractivity contribution is -0.112. The first-order chi connectivity index (χ1) is 17.5. The second-order valence-corrected chi connectivity index (χ2v) is 8.76. The van der Waals surface area contributed by atoms with Crippen LogP contribution in [0.2, 0.25) is 0 Å². The summed E-state index contributed by atoms with van der Waals surface area (Å²) in [5.41, 5.74) is 7.36. The van der Waals surface area contributed by atoms with Gasteiger partial charge in [-0.2, -0.15) is 0 Å². The third kappa shape index (κ3) is 4.88. The summed E-state index contributed by atoms with van der Waals surface area (Å²) < 4.78 is 1.76. The van der Waals surface area contributed by atoms with E-state index in [1.54, 1.807) is 22.7 Å². The molecule has 0 aliphatic rings. The number of amides is 1. The summed E-state index contributed by atoms with van der Waals surface area (Å²) in [6.45, 7) is 4.63. The highest BCUT2D eigenvalue weighted by molar-refractivity contribution is 6.47. The van der Waals surface area contributed by atoms with Crippen molar-refractivity contribution in [2.24, 2.45) is 0 Å². The van der Waals surface area contributed by atoms with Crippen molar-refractivity contribution >= 4 is 28.6 Å². The third-order valence-corrected chi connectivity index (χ3v) is 5.95. The van der Waals surface area contributed by atoms with Gasteiger partial charge in [0.15, 0.2) is 0 Å². The number of pyridine rings is 2. The van der Waals surface area contributed by atoms with E-state index in [-0.39, 0.29) is 0 Å². The molecule has 0 unspecified atom stereocenters. The molecule has 0 fully saturated rings. The summed E-state index contributed by atoms with van der Waals surface area (Å²) in [5.74, 6) is -1.28. The van der Waals surface area contributed by atoms with E-state index >= 15 is 0 Å². The Labute approximate surface area is 209 Å². The van der Waals surface area contributed by atoms with Crippen molar-refractivity contribution in [3.63, 3.8) is 0 Å². The number of hydrogen-bond donors (Lipinski definition) is 2. The molecule has 0 aliphatic heterocycles. The van der Waals surface area contributed by atoms with Gasteiger partial charge >= 0.3 is 0 Å².